The molecule has 0 fully saturated rings. The van der Waals surface area contributed by atoms with Gasteiger partial charge in [0.2, 0.25) is 0 Å². The first-order chi connectivity index (χ1) is 11.8. The summed E-state index contributed by atoms with van der Waals surface area (Å²) in [5.74, 6) is 0.935. The molecule has 0 N–H and O–H groups in total. The Labute approximate surface area is 151 Å². The molecule has 0 amide bonds. The predicted octanol–water partition coefficient (Wildman–Crippen LogP) is 4.27. The third-order valence-corrected chi connectivity index (χ3v) is 6.75. The summed E-state index contributed by atoms with van der Waals surface area (Å²) in [5, 5.41) is 1.80. The number of rotatable bonds is 9. The quantitative estimate of drug-likeness (QED) is 0.378. The molecule has 0 aromatic carbocycles. The molecule has 0 bridgehead atoms. The zero-order valence-electron chi connectivity index (χ0n) is 14.6. The highest BCUT2D eigenvalue weighted by Gasteiger charge is 2.23. The van der Waals surface area contributed by atoms with Crippen LogP contribution in [-0.4, -0.2) is 29.0 Å². The zero-order valence-corrected chi connectivity index (χ0v) is 16.2. The molecule has 0 saturated carbocycles. The largest absolute Gasteiger partial charge is 0.385 e. The molecule has 1 aliphatic rings. The van der Waals surface area contributed by atoms with Crippen LogP contribution in [0.25, 0.3) is 10.2 Å². The lowest BCUT2D eigenvalue weighted by Gasteiger charge is -2.12. The van der Waals surface area contributed by atoms with Crippen LogP contribution >= 0.6 is 23.1 Å². The Balaban J connectivity index is 1.94. The smallest absolute Gasteiger partial charge is 0.263 e. The van der Waals surface area contributed by atoms with Crippen LogP contribution in [0.15, 0.2) is 9.95 Å². The normalized spacial score (nSPS) is 13.8. The van der Waals surface area contributed by atoms with Gasteiger partial charge in [-0.1, -0.05) is 31.5 Å². The fraction of sp³-hybridized carbons (Fsp3) is 0.667. The summed E-state index contributed by atoms with van der Waals surface area (Å²) in [6.45, 7) is 3.73. The summed E-state index contributed by atoms with van der Waals surface area (Å²) in [6, 6.07) is 0. The summed E-state index contributed by atoms with van der Waals surface area (Å²) in [4.78, 5) is 20.4. The van der Waals surface area contributed by atoms with Crippen LogP contribution in [0.5, 0.6) is 0 Å². The van der Waals surface area contributed by atoms with E-state index in [0.29, 0.717) is 0 Å². The molecule has 132 valence electrons. The third-order valence-electron chi connectivity index (χ3n) is 4.50. The van der Waals surface area contributed by atoms with Gasteiger partial charge in [-0.2, -0.15) is 0 Å². The van der Waals surface area contributed by atoms with Crippen LogP contribution in [0.1, 0.15) is 49.5 Å². The van der Waals surface area contributed by atoms with E-state index in [9.17, 15) is 4.79 Å². The van der Waals surface area contributed by atoms with Gasteiger partial charge in [0.05, 0.1) is 5.39 Å². The van der Waals surface area contributed by atoms with Crippen molar-refractivity contribution in [3.8, 4) is 0 Å². The molecule has 0 aliphatic heterocycles. The number of hydrogen-bond acceptors (Lipinski definition) is 5. The Kier molecular flexibility index (Phi) is 6.36. The second-order valence-corrected chi connectivity index (χ2v) is 8.44. The molecule has 2 aromatic heterocycles. The highest BCUT2D eigenvalue weighted by atomic mass is 32.2. The molecule has 0 spiro atoms. The van der Waals surface area contributed by atoms with Gasteiger partial charge < -0.3 is 4.74 Å². The van der Waals surface area contributed by atoms with Crippen molar-refractivity contribution in [1.29, 1.82) is 0 Å². The molecule has 2 aromatic rings. The van der Waals surface area contributed by atoms with Gasteiger partial charge in [0.1, 0.15) is 4.83 Å². The average Bonchev–Trinajstić information content (AvgIpc) is 3.14. The van der Waals surface area contributed by atoms with Crippen molar-refractivity contribution < 1.29 is 4.74 Å². The Morgan fingerprint density at radius 1 is 1.29 bits per heavy atom. The molecule has 0 atom stereocenters. The minimum Gasteiger partial charge on any atom is -0.385 e. The summed E-state index contributed by atoms with van der Waals surface area (Å²) in [5.41, 5.74) is 1.47. The van der Waals surface area contributed by atoms with E-state index in [1.807, 2.05) is 4.57 Å². The van der Waals surface area contributed by atoms with Crippen molar-refractivity contribution in [3.63, 3.8) is 0 Å². The average molecular weight is 367 g/mol. The number of ether oxygens (including phenoxy) is 1. The summed E-state index contributed by atoms with van der Waals surface area (Å²) >= 11 is 3.43. The van der Waals surface area contributed by atoms with E-state index in [2.05, 4.69) is 6.92 Å². The van der Waals surface area contributed by atoms with E-state index >= 15 is 0 Å². The maximum atomic E-state index is 13.1. The highest BCUT2D eigenvalue weighted by molar-refractivity contribution is 7.99. The lowest BCUT2D eigenvalue weighted by molar-refractivity contribution is 0.200. The van der Waals surface area contributed by atoms with Crippen LogP contribution in [0, 0.1) is 0 Å². The maximum Gasteiger partial charge on any atom is 0.263 e. The molecule has 4 nitrogen and oxygen atoms in total. The number of thiophene rings is 1. The molecule has 24 heavy (non-hydrogen) atoms. The van der Waals surface area contributed by atoms with Crippen LogP contribution in [-0.2, 0) is 24.1 Å². The standard InChI is InChI=1S/C18H26N2O2S2/c1-3-4-5-10-20-17(21)15-13-8-6-9-14(13)24-16(15)19-18(20)23-12-7-11-22-2/h3-12H2,1-2H3. The van der Waals surface area contributed by atoms with Crippen molar-refractivity contribution in [2.24, 2.45) is 0 Å². The number of aromatic nitrogens is 2. The fourth-order valence-corrected chi connectivity index (χ4v) is 5.49. The lowest BCUT2D eigenvalue weighted by Crippen LogP contribution is -2.23. The van der Waals surface area contributed by atoms with Gasteiger partial charge >= 0.3 is 0 Å². The molecule has 1 aliphatic carbocycles. The Morgan fingerprint density at radius 3 is 2.96 bits per heavy atom. The number of thioether (sulfide) groups is 1. The first-order valence-corrected chi connectivity index (χ1v) is 10.7. The van der Waals surface area contributed by atoms with Crippen LogP contribution < -0.4 is 5.56 Å². The summed E-state index contributed by atoms with van der Waals surface area (Å²) in [7, 11) is 1.73. The van der Waals surface area contributed by atoms with Gasteiger partial charge in [-0.05, 0) is 37.7 Å². The summed E-state index contributed by atoms with van der Waals surface area (Å²) in [6.07, 6.45) is 7.67. The minimum atomic E-state index is 0.185. The van der Waals surface area contributed by atoms with Gasteiger partial charge in [-0.3, -0.25) is 9.36 Å². The van der Waals surface area contributed by atoms with Crippen LogP contribution in [0.2, 0.25) is 0 Å². The molecule has 0 radical (unpaired) electrons. The maximum absolute atomic E-state index is 13.1. The van der Waals surface area contributed by atoms with Gasteiger partial charge in [0, 0.05) is 30.9 Å². The topological polar surface area (TPSA) is 44.1 Å². The number of hydrogen-bond donors (Lipinski definition) is 0. The second-order valence-electron chi connectivity index (χ2n) is 6.29. The van der Waals surface area contributed by atoms with Gasteiger partial charge in [0.15, 0.2) is 5.16 Å². The van der Waals surface area contributed by atoms with Gasteiger partial charge in [-0.25, -0.2) is 4.98 Å². The fourth-order valence-electron chi connectivity index (χ4n) is 3.25. The molecular formula is C18H26N2O2S2. The Bertz CT molecular complexity index is 752. The number of nitrogens with zero attached hydrogens (tertiary/aromatic N) is 2. The van der Waals surface area contributed by atoms with Crippen molar-refractivity contribution in [3.05, 3.63) is 20.8 Å². The SMILES string of the molecule is CCCCCn1c(SCCCOC)nc2sc3c(c2c1=O)CCC3. The minimum absolute atomic E-state index is 0.185. The van der Waals surface area contributed by atoms with Crippen molar-refractivity contribution in [2.45, 2.75) is 63.6 Å². The first kappa shape index (κ1) is 18.0. The van der Waals surface area contributed by atoms with Gasteiger partial charge in [0.25, 0.3) is 5.56 Å². The third kappa shape index (κ3) is 3.70. The van der Waals surface area contributed by atoms with E-state index in [1.54, 1.807) is 30.2 Å². The monoisotopic (exact) mass is 366 g/mol. The van der Waals surface area contributed by atoms with E-state index in [4.69, 9.17) is 9.72 Å². The molecule has 0 unspecified atom stereocenters. The molecule has 2 heterocycles. The number of unbranched alkanes of at least 4 members (excludes halogenated alkanes) is 2. The van der Waals surface area contributed by atoms with Crippen molar-refractivity contribution in [1.82, 2.24) is 9.55 Å². The molecule has 6 heteroatoms. The molecule has 0 saturated heterocycles. The second kappa shape index (κ2) is 8.50. The first-order valence-electron chi connectivity index (χ1n) is 8.93. The lowest BCUT2D eigenvalue weighted by atomic mass is 10.2. The Morgan fingerprint density at radius 2 is 2.17 bits per heavy atom. The summed E-state index contributed by atoms with van der Waals surface area (Å²) < 4.78 is 7.06. The number of methoxy groups -OCH3 is 1. The Hall–Kier alpha value is -0.850. The number of aryl methyl sites for hydroxylation is 2. The van der Waals surface area contributed by atoms with E-state index < -0.39 is 0 Å². The molecular weight excluding hydrogens is 340 g/mol. The predicted molar refractivity (Wildman–Crippen MR) is 103 cm³/mol. The zero-order chi connectivity index (χ0) is 16.9. The number of fused-ring (bicyclic) bond motifs is 3. The molecule has 3 rings (SSSR count). The highest BCUT2D eigenvalue weighted by Crippen LogP contribution is 2.35. The van der Waals surface area contributed by atoms with E-state index in [1.165, 1.54) is 16.9 Å². The van der Waals surface area contributed by atoms with E-state index in [-0.39, 0.29) is 5.56 Å². The van der Waals surface area contributed by atoms with Crippen LogP contribution in [0.3, 0.4) is 0 Å². The van der Waals surface area contributed by atoms with E-state index in [0.717, 1.165) is 72.8 Å². The van der Waals surface area contributed by atoms with Crippen molar-refractivity contribution >= 4 is 33.3 Å². The van der Waals surface area contributed by atoms with Gasteiger partial charge in [-0.15, -0.1) is 11.3 Å². The van der Waals surface area contributed by atoms with Crippen molar-refractivity contribution in [2.75, 3.05) is 19.5 Å². The van der Waals surface area contributed by atoms with Crippen LogP contribution in [0.4, 0.5) is 0 Å².